The van der Waals surface area contributed by atoms with Crippen LogP contribution in [0.2, 0.25) is 5.02 Å². The second-order valence-electron chi connectivity index (χ2n) is 7.63. The molecule has 9 heteroatoms. The number of rotatable bonds is 6. The highest BCUT2D eigenvalue weighted by atomic mass is 35.5. The zero-order chi connectivity index (χ0) is 25.1. The summed E-state index contributed by atoms with van der Waals surface area (Å²) in [6.07, 6.45) is 0. The minimum atomic E-state index is -4.31. The Morgan fingerprint density at radius 3 is 1.80 bits per heavy atom. The minimum Gasteiger partial charge on any atom is -0.216 e. The summed E-state index contributed by atoms with van der Waals surface area (Å²) in [5.74, 6) is -0.256. The monoisotopic (exact) mass is 524 g/mol. The molecule has 4 rings (SSSR count). The SMILES string of the molecule is Cc1ccc(N(C(=NS(=O)(=O)c2ccccc2)c2ccccc2)S(=O)(=O)c2ccc(Cl)cc2)cc1. The molecule has 0 atom stereocenters. The fourth-order valence-electron chi connectivity index (χ4n) is 3.32. The summed E-state index contributed by atoms with van der Waals surface area (Å²) in [7, 11) is -8.56. The predicted molar refractivity (Wildman–Crippen MR) is 139 cm³/mol. The lowest BCUT2D eigenvalue weighted by Gasteiger charge is -2.26. The van der Waals surface area contributed by atoms with E-state index in [1.54, 1.807) is 72.8 Å². The molecule has 4 aromatic carbocycles. The van der Waals surface area contributed by atoms with Crippen LogP contribution >= 0.6 is 11.6 Å². The van der Waals surface area contributed by atoms with Crippen LogP contribution in [0.15, 0.2) is 123 Å². The number of anilines is 1. The molecular weight excluding hydrogens is 504 g/mol. The third-order valence-corrected chi connectivity index (χ3v) is 8.36. The van der Waals surface area contributed by atoms with Gasteiger partial charge in [0, 0.05) is 10.6 Å². The Hall–Kier alpha value is -3.46. The first kappa shape index (κ1) is 24.7. The van der Waals surface area contributed by atoms with Crippen LogP contribution < -0.4 is 4.31 Å². The summed E-state index contributed by atoms with van der Waals surface area (Å²) in [6.45, 7) is 1.87. The van der Waals surface area contributed by atoms with Crippen molar-refractivity contribution in [3.63, 3.8) is 0 Å². The van der Waals surface area contributed by atoms with Gasteiger partial charge in [0.1, 0.15) is 0 Å². The summed E-state index contributed by atoms with van der Waals surface area (Å²) >= 11 is 5.98. The molecule has 0 aliphatic heterocycles. The Morgan fingerprint density at radius 1 is 0.686 bits per heavy atom. The standard InChI is InChI=1S/C26H21ClN2O4S2/c1-20-12-16-23(17-13-20)29(35(32,33)25-18-14-22(27)15-19-25)26(21-8-4-2-5-9-21)28-34(30,31)24-10-6-3-7-11-24/h2-19H,1H3. The Labute approximate surface area is 210 Å². The summed E-state index contributed by atoms with van der Waals surface area (Å²) in [5.41, 5.74) is 1.45. The van der Waals surface area contributed by atoms with E-state index in [4.69, 9.17) is 11.6 Å². The summed E-state index contributed by atoms with van der Waals surface area (Å²) in [4.78, 5) is -0.121. The van der Waals surface area contributed by atoms with Gasteiger partial charge in [-0.1, -0.05) is 77.8 Å². The Kier molecular flexibility index (Phi) is 7.07. The van der Waals surface area contributed by atoms with Gasteiger partial charge in [-0.3, -0.25) is 0 Å². The molecule has 35 heavy (non-hydrogen) atoms. The van der Waals surface area contributed by atoms with Crippen LogP contribution in [-0.4, -0.2) is 22.7 Å². The average Bonchev–Trinajstić information content (AvgIpc) is 2.86. The maximum Gasteiger partial charge on any atom is 0.284 e. The van der Waals surface area contributed by atoms with E-state index in [1.165, 1.54) is 36.4 Å². The molecule has 4 aromatic rings. The molecule has 0 aromatic heterocycles. The van der Waals surface area contributed by atoms with E-state index in [1.807, 2.05) is 6.92 Å². The predicted octanol–water partition coefficient (Wildman–Crippen LogP) is 5.68. The van der Waals surface area contributed by atoms with Gasteiger partial charge in [-0.15, -0.1) is 4.40 Å². The highest BCUT2D eigenvalue weighted by Crippen LogP contribution is 2.29. The Bertz CT molecular complexity index is 1550. The van der Waals surface area contributed by atoms with Crippen molar-refractivity contribution in [1.29, 1.82) is 0 Å². The third kappa shape index (κ3) is 5.45. The van der Waals surface area contributed by atoms with Crippen molar-refractivity contribution in [3.05, 3.63) is 125 Å². The highest BCUT2D eigenvalue weighted by Gasteiger charge is 2.32. The van der Waals surface area contributed by atoms with Crippen LogP contribution in [0.4, 0.5) is 5.69 Å². The van der Waals surface area contributed by atoms with Crippen LogP contribution in [0.25, 0.3) is 0 Å². The van der Waals surface area contributed by atoms with Crippen molar-refractivity contribution in [1.82, 2.24) is 0 Å². The van der Waals surface area contributed by atoms with Crippen LogP contribution in [0.3, 0.4) is 0 Å². The van der Waals surface area contributed by atoms with Crippen LogP contribution in [0.1, 0.15) is 11.1 Å². The van der Waals surface area contributed by atoms with Gasteiger partial charge in [-0.2, -0.15) is 8.42 Å². The highest BCUT2D eigenvalue weighted by molar-refractivity contribution is 7.94. The first-order chi connectivity index (χ1) is 16.7. The lowest BCUT2D eigenvalue weighted by atomic mass is 10.2. The van der Waals surface area contributed by atoms with Gasteiger partial charge in [0.05, 0.1) is 15.5 Å². The topological polar surface area (TPSA) is 83.9 Å². The molecule has 0 bridgehead atoms. The first-order valence-electron chi connectivity index (χ1n) is 10.5. The number of amidine groups is 1. The third-order valence-electron chi connectivity index (χ3n) is 5.09. The van der Waals surface area contributed by atoms with E-state index in [0.717, 1.165) is 9.87 Å². The van der Waals surface area contributed by atoms with Crippen molar-refractivity contribution >= 4 is 43.2 Å². The van der Waals surface area contributed by atoms with Gasteiger partial charge >= 0.3 is 0 Å². The van der Waals surface area contributed by atoms with Crippen molar-refractivity contribution in [2.45, 2.75) is 16.7 Å². The summed E-state index contributed by atoms with van der Waals surface area (Å²) < 4.78 is 59.5. The zero-order valence-corrected chi connectivity index (χ0v) is 21.0. The molecule has 0 amide bonds. The van der Waals surface area contributed by atoms with Crippen molar-refractivity contribution in [3.8, 4) is 0 Å². The molecule has 0 heterocycles. The molecule has 0 fully saturated rings. The number of aryl methyl sites for hydroxylation is 1. The molecule has 0 saturated carbocycles. The van der Waals surface area contributed by atoms with Gasteiger partial charge in [0.15, 0.2) is 5.84 Å². The molecule has 0 spiro atoms. The van der Waals surface area contributed by atoms with Crippen molar-refractivity contribution < 1.29 is 16.8 Å². The number of benzene rings is 4. The van der Waals surface area contributed by atoms with E-state index < -0.39 is 20.0 Å². The first-order valence-corrected chi connectivity index (χ1v) is 13.8. The van der Waals surface area contributed by atoms with Crippen LogP contribution in [0, 0.1) is 6.92 Å². The largest absolute Gasteiger partial charge is 0.284 e. The second-order valence-corrected chi connectivity index (χ2v) is 11.5. The molecule has 0 aliphatic rings. The maximum atomic E-state index is 14.0. The number of hydrogen-bond acceptors (Lipinski definition) is 4. The summed E-state index contributed by atoms with van der Waals surface area (Å²) in [6, 6.07) is 28.3. The minimum absolute atomic E-state index is 0.0545. The molecule has 0 saturated heterocycles. The zero-order valence-electron chi connectivity index (χ0n) is 18.6. The molecular formula is C26H21ClN2O4S2. The fourth-order valence-corrected chi connectivity index (χ4v) is 5.98. The van der Waals surface area contributed by atoms with Gasteiger partial charge in [0.25, 0.3) is 20.0 Å². The van der Waals surface area contributed by atoms with E-state index in [9.17, 15) is 16.8 Å². The quantitative estimate of drug-likeness (QED) is 0.240. The number of hydrogen-bond donors (Lipinski definition) is 0. The van der Waals surface area contributed by atoms with Gasteiger partial charge < -0.3 is 0 Å². The lowest BCUT2D eigenvalue weighted by molar-refractivity contribution is 0.597. The van der Waals surface area contributed by atoms with E-state index in [0.29, 0.717) is 10.6 Å². The summed E-state index contributed by atoms with van der Waals surface area (Å²) in [5, 5.41) is 0.370. The van der Waals surface area contributed by atoms with E-state index in [-0.39, 0.29) is 21.3 Å². The molecule has 0 N–H and O–H groups in total. The average molecular weight is 525 g/mol. The normalized spacial score (nSPS) is 12.3. The second kappa shape index (κ2) is 10.0. The molecule has 0 radical (unpaired) electrons. The van der Waals surface area contributed by atoms with Crippen molar-refractivity contribution in [2.24, 2.45) is 4.40 Å². The van der Waals surface area contributed by atoms with Gasteiger partial charge in [-0.05, 0) is 55.5 Å². The maximum absolute atomic E-state index is 14.0. The number of sulfonamides is 2. The Morgan fingerprint density at radius 2 is 1.23 bits per heavy atom. The fraction of sp³-hybridized carbons (Fsp3) is 0.0385. The number of halogens is 1. The van der Waals surface area contributed by atoms with E-state index >= 15 is 0 Å². The molecule has 6 nitrogen and oxygen atoms in total. The molecule has 0 unspecified atom stereocenters. The van der Waals surface area contributed by atoms with Crippen molar-refractivity contribution in [2.75, 3.05) is 4.31 Å². The lowest BCUT2D eigenvalue weighted by Crippen LogP contribution is -2.38. The Balaban J connectivity index is 2.02. The van der Waals surface area contributed by atoms with Crippen LogP contribution in [0.5, 0.6) is 0 Å². The van der Waals surface area contributed by atoms with E-state index in [2.05, 4.69) is 4.40 Å². The van der Waals surface area contributed by atoms with Gasteiger partial charge in [-0.25, -0.2) is 12.7 Å². The molecule has 0 aliphatic carbocycles. The van der Waals surface area contributed by atoms with Crippen LogP contribution in [-0.2, 0) is 20.0 Å². The molecule has 178 valence electrons. The number of nitrogens with zero attached hydrogens (tertiary/aromatic N) is 2. The van der Waals surface area contributed by atoms with Gasteiger partial charge in [0.2, 0.25) is 0 Å². The smallest absolute Gasteiger partial charge is 0.216 e.